The van der Waals surface area contributed by atoms with Gasteiger partial charge in [0.1, 0.15) is 5.82 Å². The first-order chi connectivity index (χ1) is 9.79. The molecule has 21 heavy (non-hydrogen) atoms. The average molecular weight is 347 g/mol. The van der Waals surface area contributed by atoms with Crippen LogP contribution in [0.4, 0.5) is 4.39 Å². The van der Waals surface area contributed by atoms with Crippen molar-refractivity contribution in [3.05, 3.63) is 69.5 Å². The van der Waals surface area contributed by atoms with Gasteiger partial charge in [0.05, 0.1) is 21.0 Å². The summed E-state index contributed by atoms with van der Waals surface area (Å²) in [6.45, 7) is 1.58. The van der Waals surface area contributed by atoms with Crippen molar-refractivity contribution in [3.63, 3.8) is 0 Å². The van der Waals surface area contributed by atoms with Crippen LogP contribution in [0.2, 0.25) is 10.0 Å². The van der Waals surface area contributed by atoms with E-state index in [-0.39, 0.29) is 5.75 Å². The molecule has 0 amide bonds. The van der Waals surface area contributed by atoms with Crippen LogP contribution in [0.15, 0.2) is 42.5 Å². The number of rotatable bonds is 4. The van der Waals surface area contributed by atoms with Crippen LogP contribution in [0.1, 0.15) is 23.3 Å². The Morgan fingerprint density at radius 1 is 1.10 bits per heavy atom. The molecule has 0 radical (unpaired) electrons. The van der Waals surface area contributed by atoms with Crippen LogP contribution in [-0.4, -0.2) is 8.42 Å². The topological polar surface area (TPSA) is 34.1 Å². The molecule has 0 fully saturated rings. The third kappa shape index (κ3) is 3.96. The first-order valence-electron chi connectivity index (χ1n) is 6.20. The SMILES string of the molecule is C[C@H](c1ccc(Cl)c(Cl)c1)S(=O)(=O)Cc1cccc(F)c1. The van der Waals surface area contributed by atoms with Crippen molar-refractivity contribution in [1.29, 1.82) is 0 Å². The Morgan fingerprint density at radius 2 is 1.81 bits per heavy atom. The van der Waals surface area contributed by atoms with Crippen molar-refractivity contribution in [2.75, 3.05) is 0 Å². The maximum Gasteiger partial charge on any atom is 0.161 e. The fourth-order valence-electron chi connectivity index (χ4n) is 1.96. The molecule has 0 N–H and O–H groups in total. The zero-order valence-corrected chi connectivity index (χ0v) is 13.5. The van der Waals surface area contributed by atoms with Crippen LogP contribution >= 0.6 is 23.2 Å². The lowest BCUT2D eigenvalue weighted by Gasteiger charge is -2.14. The van der Waals surface area contributed by atoms with Crippen LogP contribution in [0.3, 0.4) is 0 Å². The third-order valence-electron chi connectivity index (χ3n) is 3.21. The summed E-state index contributed by atoms with van der Waals surface area (Å²) >= 11 is 11.7. The normalized spacial score (nSPS) is 13.1. The molecule has 0 aromatic heterocycles. The maximum atomic E-state index is 13.1. The summed E-state index contributed by atoms with van der Waals surface area (Å²) in [6, 6.07) is 10.3. The Labute approximate surface area is 133 Å². The summed E-state index contributed by atoms with van der Waals surface area (Å²) in [5, 5.41) is -0.0762. The van der Waals surface area contributed by atoms with Gasteiger partial charge in [-0.2, -0.15) is 0 Å². The van der Waals surface area contributed by atoms with E-state index in [0.29, 0.717) is 21.2 Å². The summed E-state index contributed by atoms with van der Waals surface area (Å²) < 4.78 is 38.0. The zero-order chi connectivity index (χ0) is 15.6. The number of hydrogen-bond donors (Lipinski definition) is 0. The highest BCUT2D eigenvalue weighted by molar-refractivity contribution is 7.90. The Balaban J connectivity index is 2.28. The van der Waals surface area contributed by atoms with Gasteiger partial charge in [-0.1, -0.05) is 41.4 Å². The molecule has 0 saturated heterocycles. The molecule has 2 rings (SSSR count). The van der Waals surface area contributed by atoms with Gasteiger partial charge in [-0.25, -0.2) is 12.8 Å². The number of halogens is 3. The van der Waals surface area contributed by atoms with E-state index in [1.807, 2.05) is 0 Å². The predicted octanol–water partition coefficient (Wildman–Crippen LogP) is 4.81. The molecule has 1 atom stereocenters. The first-order valence-corrected chi connectivity index (χ1v) is 8.67. The highest BCUT2D eigenvalue weighted by atomic mass is 35.5. The standard InChI is InChI=1S/C15H13Cl2FO2S/c1-10(12-5-6-14(16)15(17)8-12)21(19,20)9-11-3-2-4-13(18)7-11/h2-8,10H,9H2,1H3/t10-/m1/s1. The fourth-order valence-corrected chi connectivity index (χ4v) is 3.72. The summed E-state index contributed by atoms with van der Waals surface area (Å²) in [5.74, 6) is -0.684. The van der Waals surface area contributed by atoms with E-state index in [9.17, 15) is 12.8 Å². The van der Waals surface area contributed by atoms with Crippen LogP contribution in [0.5, 0.6) is 0 Å². The van der Waals surface area contributed by atoms with E-state index in [2.05, 4.69) is 0 Å². The predicted molar refractivity (Wildman–Crippen MR) is 83.9 cm³/mol. The lowest BCUT2D eigenvalue weighted by atomic mass is 10.2. The molecule has 112 valence electrons. The van der Waals surface area contributed by atoms with Crippen LogP contribution in [0, 0.1) is 5.82 Å². The van der Waals surface area contributed by atoms with Gasteiger partial charge in [-0.3, -0.25) is 0 Å². The second-order valence-electron chi connectivity index (χ2n) is 4.75. The van der Waals surface area contributed by atoms with Crippen LogP contribution in [-0.2, 0) is 15.6 Å². The van der Waals surface area contributed by atoms with E-state index in [0.717, 1.165) is 0 Å². The zero-order valence-electron chi connectivity index (χ0n) is 11.2. The van der Waals surface area contributed by atoms with Gasteiger partial charge in [0.25, 0.3) is 0 Å². The molecule has 2 nitrogen and oxygen atoms in total. The van der Waals surface area contributed by atoms with Crippen LogP contribution in [0.25, 0.3) is 0 Å². The Kier molecular flexibility index (Phi) is 4.91. The quantitative estimate of drug-likeness (QED) is 0.796. The molecule has 0 bridgehead atoms. The molecule has 0 spiro atoms. The van der Waals surface area contributed by atoms with Crippen molar-refractivity contribution in [1.82, 2.24) is 0 Å². The van der Waals surface area contributed by atoms with Crippen molar-refractivity contribution in [2.45, 2.75) is 17.9 Å². The van der Waals surface area contributed by atoms with Crippen molar-refractivity contribution in [3.8, 4) is 0 Å². The van der Waals surface area contributed by atoms with Gasteiger partial charge in [-0.15, -0.1) is 0 Å². The number of hydrogen-bond acceptors (Lipinski definition) is 2. The summed E-state index contributed by atoms with van der Waals surface area (Å²) in [5.41, 5.74) is 0.975. The lowest BCUT2D eigenvalue weighted by Crippen LogP contribution is -2.13. The van der Waals surface area contributed by atoms with E-state index < -0.39 is 20.9 Å². The van der Waals surface area contributed by atoms with E-state index in [1.54, 1.807) is 25.1 Å². The number of sulfone groups is 1. The molecular formula is C15H13Cl2FO2S. The minimum atomic E-state index is -3.48. The third-order valence-corrected chi connectivity index (χ3v) is 6.03. The molecule has 2 aromatic carbocycles. The second-order valence-corrected chi connectivity index (χ2v) is 7.89. The number of benzene rings is 2. The molecular weight excluding hydrogens is 334 g/mol. The van der Waals surface area contributed by atoms with Crippen molar-refractivity contribution in [2.24, 2.45) is 0 Å². The first kappa shape index (κ1) is 16.3. The van der Waals surface area contributed by atoms with E-state index >= 15 is 0 Å². The molecule has 6 heteroatoms. The maximum absolute atomic E-state index is 13.1. The lowest BCUT2D eigenvalue weighted by molar-refractivity contribution is 0.585. The Hall–Kier alpha value is -1.10. The molecule has 0 heterocycles. The largest absolute Gasteiger partial charge is 0.228 e. The summed E-state index contributed by atoms with van der Waals surface area (Å²) in [7, 11) is -3.48. The molecule has 0 unspecified atom stereocenters. The summed E-state index contributed by atoms with van der Waals surface area (Å²) in [4.78, 5) is 0. The minimum absolute atomic E-state index is 0.230. The Bertz CT molecular complexity index is 760. The minimum Gasteiger partial charge on any atom is -0.228 e. The fraction of sp³-hybridized carbons (Fsp3) is 0.200. The summed E-state index contributed by atoms with van der Waals surface area (Å²) in [6.07, 6.45) is 0. The molecule has 0 aliphatic heterocycles. The van der Waals surface area contributed by atoms with Crippen molar-refractivity contribution < 1.29 is 12.8 Å². The monoisotopic (exact) mass is 346 g/mol. The van der Waals surface area contributed by atoms with Gasteiger partial charge in [-0.05, 0) is 42.3 Å². The highest BCUT2D eigenvalue weighted by Gasteiger charge is 2.23. The second kappa shape index (κ2) is 6.34. The molecule has 0 saturated carbocycles. The van der Waals surface area contributed by atoms with Crippen molar-refractivity contribution >= 4 is 33.0 Å². The van der Waals surface area contributed by atoms with E-state index in [1.165, 1.54) is 24.3 Å². The van der Waals surface area contributed by atoms with Gasteiger partial charge < -0.3 is 0 Å². The van der Waals surface area contributed by atoms with Gasteiger partial charge in [0, 0.05) is 0 Å². The molecule has 0 aliphatic rings. The van der Waals surface area contributed by atoms with Gasteiger partial charge in [0.2, 0.25) is 0 Å². The van der Waals surface area contributed by atoms with Gasteiger partial charge in [0.15, 0.2) is 9.84 Å². The Morgan fingerprint density at radius 3 is 2.43 bits per heavy atom. The van der Waals surface area contributed by atoms with Crippen LogP contribution < -0.4 is 0 Å². The molecule has 2 aromatic rings. The average Bonchev–Trinajstić information content (AvgIpc) is 2.40. The highest BCUT2D eigenvalue weighted by Crippen LogP contribution is 2.30. The van der Waals surface area contributed by atoms with Gasteiger partial charge >= 0.3 is 0 Å². The van der Waals surface area contributed by atoms with E-state index in [4.69, 9.17) is 23.2 Å². The smallest absolute Gasteiger partial charge is 0.161 e. The molecule has 0 aliphatic carbocycles.